The number of unbranched alkanes of at least 4 members (excludes halogenated alkanes) is 3. The molecule has 0 spiro atoms. The second-order valence-electron chi connectivity index (χ2n) is 4.73. The summed E-state index contributed by atoms with van der Waals surface area (Å²) in [5, 5.41) is 9.23. The van der Waals surface area contributed by atoms with Crippen LogP contribution in [0.2, 0.25) is 0 Å². The van der Waals surface area contributed by atoms with Crippen LogP contribution in [0.15, 0.2) is 0 Å². The van der Waals surface area contributed by atoms with Crippen molar-refractivity contribution >= 4 is 5.91 Å². The van der Waals surface area contributed by atoms with Crippen LogP contribution >= 0.6 is 0 Å². The molecule has 1 unspecified atom stereocenters. The Labute approximate surface area is 98.8 Å². The lowest BCUT2D eigenvalue weighted by molar-refractivity contribution is -0.136. The summed E-state index contributed by atoms with van der Waals surface area (Å²) in [7, 11) is 0. The Morgan fingerprint density at radius 3 is 2.81 bits per heavy atom. The van der Waals surface area contributed by atoms with Crippen molar-refractivity contribution < 1.29 is 9.90 Å². The Morgan fingerprint density at radius 2 is 2.12 bits per heavy atom. The van der Waals surface area contributed by atoms with E-state index in [1.807, 2.05) is 4.90 Å². The Hall–Kier alpha value is -0.570. The van der Waals surface area contributed by atoms with Crippen molar-refractivity contribution in [3.8, 4) is 0 Å². The molecule has 3 heteroatoms. The first kappa shape index (κ1) is 13.5. The third-order valence-electron chi connectivity index (χ3n) is 3.40. The molecule has 0 aliphatic carbocycles. The highest BCUT2D eigenvalue weighted by Gasteiger charge is 2.25. The van der Waals surface area contributed by atoms with Gasteiger partial charge in [-0.2, -0.15) is 0 Å². The van der Waals surface area contributed by atoms with Crippen LogP contribution in [0.3, 0.4) is 0 Å². The molecule has 0 aromatic carbocycles. The van der Waals surface area contributed by atoms with Gasteiger partial charge in [0.25, 0.3) is 0 Å². The molecule has 1 aliphatic rings. The Balaban J connectivity index is 2.27. The first-order valence-corrected chi connectivity index (χ1v) is 6.70. The molecule has 1 heterocycles. The lowest BCUT2D eigenvalue weighted by Gasteiger charge is -2.34. The van der Waals surface area contributed by atoms with Gasteiger partial charge in [0.1, 0.15) is 0 Å². The molecule has 1 N–H and O–H groups in total. The SMILES string of the molecule is CCCCCCC(=O)N1CCCCC1CO. The van der Waals surface area contributed by atoms with E-state index in [9.17, 15) is 9.90 Å². The minimum absolute atomic E-state index is 0.0902. The summed E-state index contributed by atoms with van der Waals surface area (Å²) < 4.78 is 0. The summed E-state index contributed by atoms with van der Waals surface area (Å²) in [4.78, 5) is 13.8. The number of rotatable bonds is 6. The fourth-order valence-electron chi connectivity index (χ4n) is 2.37. The number of hydrogen-bond acceptors (Lipinski definition) is 2. The van der Waals surface area contributed by atoms with Crippen molar-refractivity contribution in [1.29, 1.82) is 0 Å². The van der Waals surface area contributed by atoms with Crippen molar-refractivity contribution in [3.05, 3.63) is 0 Å². The smallest absolute Gasteiger partial charge is 0.222 e. The molecule has 94 valence electrons. The number of aliphatic hydroxyl groups excluding tert-OH is 1. The van der Waals surface area contributed by atoms with Gasteiger partial charge in [-0.25, -0.2) is 0 Å². The highest BCUT2D eigenvalue weighted by Crippen LogP contribution is 2.18. The van der Waals surface area contributed by atoms with Gasteiger partial charge in [-0.15, -0.1) is 0 Å². The van der Waals surface area contributed by atoms with Gasteiger partial charge in [-0.05, 0) is 25.7 Å². The number of likely N-dealkylation sites (tertiary alicyclic amines) is 1. The lowest BCUT2D eigenvalue weighted by atomic mass is 10.0. The summed E-state index contributed by atoms with van der Waals surface area (Å²) in [5.74, 6) is 0.245. The highest BCUT2D eigenvalue weighted by molar-refractivity contribution is 5.76. The fraction of sp³-hybridized carbons (Fsp3) is 0.923. The molecule has 1 amide bonds. The summed E-state index contributed by atoms with van der Waals surface area (Å²) in [5.41, 5.74) is 0. The fourth-order valence-corrected chi connectivity index (χ4v) is 2.37. The minimum atomic E-state index is 0.0902. The van der Waals surface area contributed by atoms with E-state index < -0.39 is 0 Å². The zero-order valence-corrected chi connectivity index (χ0v) is 10.5. The Morgan fingerprint density at radius 1 is 1.31 bits per heavy atom. The van der Waals surface area contributed by atoms with Gasteiger partial charge in [-0.1, -0.05) is 26.2 Å². The molecule has 1 saturated heterocycles. The number of carbonyl (C=O) groups is 1. The number of aliphatic hydroxyl groups is 1. The molecule has 1 aliphatic heterocycles. The van der Waals surface area contributed by atoms with E-state index in [-0.39, 0.29) is 18.6 Å². The van der Waals surface area contributed by atoms with E-state index in [0.29, 0.717) is 6.42 Å². The number of carbonyl (C=O) groups excluding carboxylic acids is 1. The first-order valence-electron chi connectivity index (χ1n) is 6.70. The van der Waals surface area contributed by atoms with Crippen molar-refractivity contribution in [3.63, 3.8) is 0 Å². The third kappa shape index (κ3) is 4.12. The van der Waals surface area contributed by atoms with Crippen LogP contribution < -0.4 is 0 Å². The summed E-state index contributed by atoms with van der Waals surface area (Å²) >= 11 is 0. The van der Waals surface area contributed by atoms with E-state index in [1.54, 1.807) is 0 Å². The molecular weight excluding hydrogens is 202 g/mol. The van der Waals surface area contributed by atoms with Gasteiger partial charge >= 0.3 is 0 Å². The van der Waals surface area contributed by atoms with Gasteiger partial charge in [-0.3, -0.25) is 4.79 Å². The quantitative estimate of drug-likeness (QED) is 0.707. The monoisotopic (exact) mass is 227 g/mol. The number of piperidine rings is 1. The van der Waals surface area contributed by atoms with Crippen LogP contribution in [0.4, 0.5) is 0 Å². The van der Waals surface area contributed by atoms with Crippen molar-refractivity contribution in [2.75, 3.05) is 13.2 Å². The van der Waals surface area contributed by atoms with E-state index in [1.165, 1.54) is 12.8 Å². The molecule has 0 saturated carbocycles. The molecular formula is C13H25NO2. The Kier molecular flexibility index (Phi) is 6.46. The molecule has 3 nitrogen and oxygen atoms in total. The van der Waals surface area contributed by atoms with Crippen molar-refractivity contribution in [2.24, 2.45) is 0 Å². The normalized spacial score (nSPS) is 21.1. The van der Waals surface area contributed by atoms with Crippen LogP contribution in [0.25, 0.3) is 0 Å². The van der Waals surface area contributed by atoms with Crippen LogP contribution in [-0.2, 0) is 4.79 Å². The molecule has 0 aromatic rings. The number of nitrogens with zero attached hydrogens (tertiary/aromatic N) is 1. The molecule has 0 aromatic heterocycles. The maximum Gasteiger partial charge on any atom is 0.222 e. The van der Waals surface area contributed by atoms with Crippen LogP contribution in [0, 0.1) is 0 Å². The van der Waals surface area contributed by atoms with Gasteiger partial charge in [0.05, 0.1) is 12.6 Å². The predicted molar refractivity (Wildman–Crippen MR) is 65.2 cm³/mol. The van der Waals surface area contributed by atoms with Crippen molar-refractivity contribution in [1.82, 2.24) is 4.90 Å². The molecule has 1 fully saturated rings. The molecule has 1 atom stereocenters. The third-order valence-corrected chi connectivity index (χ3v) is 3.40. The number of hydrogen-bond donors (Lipinski definition) is 1. The second kappa shape index (κ2) is 7.66. The van der Waals surface area contributed by atoms with E-state index in [2.05, 4.69) is 6.92 Å². The van der Waals surface area contributed by atoms with Crippen LogP contribution in [-0.4, -0.2) is 35.1 Å². The highest BCUT2D eigenvalue weighted by atomic mass is 16.3. The maximum absolute atomic E-state index is 11.9. The van der Waals surface area contributed by atoms with E-state index >= 15 is 0 Å². The summed E-state index contributed by atoms with van der Waals surface area (Å²) in [6.07, 6.45) is 8.45. The predicted octanol–water partition coefficient (Wildman–Crippen LogP) is 2.33. The topological polar surface area (TPSA) is 40.5 Å². The second-order valence-corrected chi connectivity index (χ2v) is 4.73. The molecule has 0 radical (unpaired) electrons. The van der Waals surface area contributed by atoms with E-state index in [4.69, 9.17) is 0 Å². The summed E-state index contributed by atoms with van der Waals surface area (Å²) in [6.45, 7) is 3.15. The van der Waals surface area contributed by atoms with E-state index in [0.717, 1.165) is 38.6 Å². The van der Waals surface area contributed by atoms with Crippen LogP contribution in [0.1, 0.15) is 58.3 Å². The maximum atomic E-state index is 11.9. The zero-order valence-electron chi connectivity index (χ0n) is 10.5. The zero-order chi connectivity index (χ0) is 11.8. The van der Waals surface area contributed by atoms with Crippen LogP contribution in [0.5, 0.6) is 0 Å². The average molecular weight is 227 g/mol. The van der Waals surface area contributed by atoms with Crippen molar-refractivity contribution in [2.45, 2.75) is 64.3 Å². The van der Waals surface area contributed by atoms with Gasteiger partial charge < -0.3 is 10.0 Å². The minimum Gasteiger partial charge on any atom is -0.394 e. The van der Waals surface area contributed by atoms with Gasteiger partial charge in [0.15, 0.2) is 0 Å². The van der Waals surface area contributed by atoms with Gasteiger partial charge in [0.2, 0.25) is 5.91 Å². The standard InChI is InChI=1S/C13H25NO2/c1-2-3-4-5-9-13(16)14-10-7-6-8-12(14)11-15/h12,15H,2-11H2,1H3. The lowest BCUT2D eigenvalue weighted by Crippen LogP contribution is -2.45. The largest absolute Gasteiger partial charge is 0.394 e. The molecule has 0 bridgehead atoms. The first-order chi connectivity index (χ1) is 7.79. The van der Waals surface area contributed by atoms with Gasteiger partial charge in [0, 0.05) is 13.0 Å². The number of amides is 1. The summed E-state index contributed by atoms with van der Waals surface area (Å²) in [6, 6.07) is 0.0902. The average Bonchev–Trinajstić information content (AvgIpc) is 2.34. The molecule has 1 rings (SSSR count). The Bertz CT molecular complexity index is 206. The molecule has 16 heavy (non-hydrogen) atoms.